The van der Waals surface area contributed by atoms with Crippen LogP contribution < -0.4 is 0 Å². The van der Waals surface area contributed by atoms with E-state index in [0.717, 1.165) is 32.4 Å². The van der Waals surface area contributed by atoms with Gasteiger partial charge in [0.15, 0.2) is 11.3 Å². The van der Waals surface area contributed by atoms with E-state index in [9.17, 15) is 4.79 Å². The van der Waals surface area contributed by atoms with Gasteiger partial charge >= 0.3 is 0 Å². The molecule has 2 aliphatic rings. The number of likely N-dealkylation sites (tertiary alicyclic amines) is 1. The normalized spacial score (nSPS) is 25.9. The SMILES string of the molecule is O=C(c1cnc2cccnn12)N1CCCC12CCOC2. The Bertz CT molecular complexity index is 654. The summed E-state index contributed by atoms with van der Waals surface area (Å²) in [6, 6.07) is 3.67. The van der Waals surface area contributed by atoms with Crippen LogP contribution >= 0.6 is 0 Å². The van der Waals surface area contributed by atoms with Gasteiger partial charge in [-0.3, -0.25) is 4.79 Å². The van der Waals surface area contributed by atoms with Crippen LogP contribution in [-0.2, 0) is 4.74 Å². The molecule has 0 aliphatic carbocycles. The molecule has 0 N–H and O–H groups in total. The van der Waals surface area contributed by atoms with Crippen LogP contribution in [0.15, 0.2) is 24.5 Å². The lowest BCUT2D eigenvalue weighted by Crippen LogP contribution is -2.48. The Morgan fingerprint density at radius 1 is 1.40 bits per heavy atom. The number of fused-ring (bicyclic) bond motifs is 1. The topological polar surface area (TPSA) is 59.7 Å². The first-order valence-corrected chi connectivity index (χ1v) is 6.99. The third kappa shape index (κ3) is 1.57. The van der Waals surface area contributed by atoms with Gasteiger partial charge in [-0.05, 0) is 31.4 Å². The number of aromatic nitrogens is 3. The second kappa shape index (κ2) is 4.28. The van der Waals surface area contributed by atoms with Gasteiger partial charge in [0.1, 0.15) is 0 Å². The Kier molecular flexibility index (Phi) is 2.53. The van der Waals surface area contributed by atoms with Gasteiger partial charge in [0.05, 0.1) is 18.3 Å². The molecule has 4 heterocycles. The van der Waals surface area contributed by atoms with E-state index in [0.29, 0.717) is 17.9 Å². The lowest BCUT2D eigenvalue weighted by atomic mass is 9.95. The molecule has 4 rings (SSSR count). The summed E-state index contributed by atoms with van der Waals surface area (Å²) >= 11 is 0. The van der Waals surface area contributed by atoms with Crippen LogP contribution in [0.1, 0.15) is 29.8 Å². The van der Waals surface area contributed by atoms with E-state index < -0.39 is 0 Å². The number of imidazole rings is 1. The summed E-state index contributed by atoms with van der Waals surface area (Å²) in [5.41, 5.74) is 1.14. The summed E-state index contributed by atoms with van der Waals surface area (Å²) < 4.78 is 7.15. The Morgan fingerprint density at radius 2 is 2.35 bits per heavy atom. The lowest BCUT2D eigenvalue weighted by Gasteiger charge is -2.33. The second-order valence-electron chi connectivity index (χ2n) is 5.52. The van der Waals surface area contributed by atoms with E-state index >= 15 is 0 Å². The van der Waals surface area contributed by atoms with Crippen LogP contribution in [0.2, 0.25) is 0 Å². The van der Waals surface area contributed by atoms with Crippen molar-refractivity contribution in [2.75, 3.05) is 19.8 Å². The first-order valence-electron chi connectivity index (χ1n) is 6.99. The molecule has 6 nitrogen and oxygen atoms in total. The molecule has 104 valence electrons. The van der Waals surface area contributed by atoms with Gasteiger partial charge in [-0.1, -0.05) is 0 Å². The number of ether oxygens (including phenoxy) is 1. The summed E-state index contributed by atoms with van der Waals surface area (Å²) in [5.74, 6) is 0.0131. The van der Waals surface area contributed by atoms with Crippen LogP contribution in [0.25, 0.3) is 5.65 Å². The fourth-order valence-corrected chi connectivity index (χ4v) is 3.38. The highest BCUT2D eigenvalue weighted by Gasteiger charge is 2.47. The highest BCUT2D eigenvalue weighted by Crippen LogP contribution is 2.37. The van der Waals surface area contributed by atoms with Crippen molar-refractivity contribution in [3.63, 3.8) is 0 Å². The maximum absolute atomic E-state index is 12.9. The number of rotatable bonds is 1. The molecule has 2 aliphatic heterocycles. The van der Waals surface area contributed by atoms with Crippen LogP contribution in [0.5, 0.6) is 0 Å². The Balaban J connectivity index is 1.73. The Morgan fingerprint density at radius 3 is 3.20 bits per heavy atom. The van der Waals surface area contributed by atoms with Crippen LogP contribution in [0, 0.1) is 0 Å². The molecule has 2 aromatic rings. The Hall–Kier alpha value is -1.95. The molecule has 0 radical (unpaired) electrons. The molecule has 1 amide bonds. The average molecular weight is 272 g/mol. The van der Waals surface area contributed by atoms with E-state index in [4.69, 9.17) is 4.74 Å². The number of hydrogen-bond acceptors (Lipinski definition) is 4. The van der Waals surface area contributed by atoms with Crippen molar-refractivity contribution in [1.29, 1.82) is 0 Å². The van der Waals surface area contributed by atoms with Crippen molar-refractivity contribution < 1.29 is 9.53 Å². The smallest absolute Gasteiger partial charge is 0.274 e. The van der Waals surface area contributed by atoms with Crippen molar-refractivity contribution in [2.45, 2.75) is 24.8 Å². The van der Waals surface area contributed by atoms with Gasteiger partial charge in [-0.2, -0.15) is 5.10 Å². The van der Waals surface area contributed by atoms with E-state index in [1.54, 1.807) is 16.9 Å². The summed E-state index contributed by atoms with van der Waals surface area (Å²) in [7, 11) is 0. The van der Waals surface area contributed by atoms with Crippen molar-refractivity contribution in [3.8, 4) is 0 Å². The third-order valence-corrected chi connectivity index (χ3v) is 4.42. The molecule has 1 unspecified atom stereocenters. The molecule has 0 saturated carbocycles. The minimum absolute atomic E-state index is 0.0131. The predicted molar refractivity (Wildman–Crippen MR) is 71.4 cm³/mol. The average Bonchev–Trinajstić information content (AvgIpc) is 3.19. The van der Waals surface area contributed by atoms with E-state index in [-0.39, 0.29) is 11.4 Å². The molecule has 20 heavy (non-hydrogen) atoms. The molecule has 0 bridgehead atoms. The van der Waals surface area contributed by atoms with Crippen LogP contribution in [0.3, 0.4) is 0 Å². The summed E-state index contributed by atoms with van der Waals surface area (Å²) in [4.78, 5) is 19.1. The van der Waals surface area contributed by atoms with Gasteiger partial charge in [0, 0.05) is 19.3 Å². The zero-order valence-electron chi connectivity index (χ0n) is 11.2. The minimum Gasteiger partial charge on any atom is -0.379 e. The third-order valence-electron chi connectivity index (χ3n) is 4.42. The van der Waals surface area contributed by atoms with Crippen LogP contribution in [0.4, 0.5) is 0 Å². The number of hydrogen-bond donors (Lipinski definition) is 0. The largest absolute Gasteiger partial charge is 0.379 e. The fraction of sp³-hybridized carbons (Fsp3) is 0.500. The maximum atomic E-state index is 12.9. The predicted octanol–water partition coefficient (Wildman–Crippen LogP) is 1.12. The molecular weight excluding hydrogens is 256 g/mol. The van der Waals surface area contributed by atoms with Crippen molar-refractivity contribution >= 4 is 11.6 Å². The lowest BCUT2D eigenvalue weighted by molar-refractivity contribution is 0.0542. The van der Waals surface area contributed by atoms with Crippen molar-refractivity contribution in [3.05, 3.63) is 30.2 Å². The van der Waals surface area contributed by atoms with Gasteiger partial charge in [0.2, 0.25) is 0 Å². The van der Waals surface area contributed by atoms with Crippen molar-refractivity contribution in [1.82, 2.24) is 19.5 Å². The number of amides is 1. The molecule has 1 atom stereocenters. The highest BCUT2D eigenvalue weighted by atomic mass is 16.5. The first-order chi connectivity index (χ1) is 9.80. The van der Waals surface area contributed by atoms with E-state index in [2.05, 4.69) is 10.1 Å². The minimum atomic E-state index is -0.101. The first kappa shape index (κ1) is 11.8. The van der Waals surface area contributed by atoms with Gasteiger partial charge in [-0.15, -0.1) is 0 Å². The molecule has 2 aromatic heterocycles. The van der Waals surface area contributed by atoms with Gasteiger partial charge in [0.25, 0.3) is 5.91 Å². The quantitative estimate of drug-likeness (QED) is 0.780. The number of carbonyl (C=O) groups is 1. The van der Waals surface area contributed by atoms with E-state index in [1.165, 1.54) is 0 Å². The fourth-order valence-electron chi connectivity index (χ4n) is 3.38. The number of nitrogens with zero attached hydrogens (tertiary/aromatic N) is 4. The van der Waals surface area contributed by atoms with E-state index in [1.807, 2.05) is 17.0 Å². The molecule has 2 fully saturated rings. The molecule has 6 heteroatoms. The zero-order chi connectivity index (χ0) is 13.6. The summed E-state index contributed by atoms with van der Waals surface area (Å²) in [5, 5.41) is 4.22. The zero-order valence-corrected chi connectivity index (χ0v) is 11.2. The maximum Gasteiger partial charge on any atom is 0.274 e. The molecule has 1 spiro atoms. The molecule has 2 saturated heterocycles. The second-order valence-corrected chi connectivity index (χ2v) is 5.52. The van der Waals surface area contributed by atoms with Gasteiger partial charge < -0.3 is 9.64 Å². The molecule has 0 aromatic carbocycles. The summed E-state index contributed by atoms with van der Waals surface area (Å²) in [6.07, 6.45) is 6.29. The Labute approximate surface area is 116 Å². The van der Waals surface area contributed by atoms with Gasteiger partial charge in [-0.25, -0.2) is 9.50 Å². The monoisotopic (exact) mass is 272 g/mol. The molecular formula is C14H16N4O2. The number of carbonyl (C=O) groups excluding carboxylic acids is 1. The highest BCUT2D eigenvalue weighted by molar-refractivity contribution is 5.94. The van der Waals surface area contributed by atoms with Crippen molar-refractivity contribution in [2.24, 2.45) is 0 Å². The summed E-state index contributed by atoms with van der Waals surface area (Å²) in [6.45, 7) is 2.19. The van der Waals surface area contributed by atoms with Crippen LogP contribution in [-0.4, -0.2) is 50.7 Å². The standard InChI is InChI=1S/C14H16N4O2/c19-13(11-9-15-12-3-1-6-16-18(11)12)17-7-2-4-14(17)5-8-20-10-14/h1,3,6,9H,2,4-5,7-8,10H2.